The van der Waals surface area contributed by atoms with Gasteiger partial charge in [-0.15, -0.1) is 5.10 Å². The molecule has 0 aliphatic heterocycles. The molecule has 1 N–H and O–H groups in total. The topological polar surface area (TPSA) is 73.1 Å². The van der Waals surface area contributed by atoms with Gasteiger partial charge in [0.2, 0.25) is 0 Å². The van der Waals surface area contributed by atoms with Crippen LogP contribution in [0.3, 0.4) is 0 Å². The van der Waals surface area contributed by atoms with E-state index in [-0.39, 0.29) is 12.0 Å². The molecule has 1 heterocycles. The summed E-state index contributed by atoms with van der Waals surface area (Å²) in [6, 6.07) is 0. The van der Waals surface area contributed by atoms with Crippen molar-refractivity contribution in [2.24, 2.45) is 0 Å². The summed E-state index contributed by atoms with van der Waals surface area (Å²) in [5.41, 5.74) is -0.0690. The lowest BCUT2D eigenvalue weighted by molar-refractivity contribution is 0.0842. The number of aromatic nitrogens is 4. The predicted molar refractivity (Wildman–Crippen MR) is 54.4 cm³/mol. The van der Waals surface area contributed by atoms with Gasteiger partial charge < -0.3 is 9.84 Å². The van der Waals surface area contributed by atoms with E-state index >= 15 is 0 Å². The highest BCUT2D eigenvalue weighted by molar-refractivity contribution is 4.98. The average molecular weight is 214 g/mol. The van der Waals surface area contributed by atoms with Gasteiger partial charge in [-0.2, -0.15) is 0 Å². The van der Waals surface area contributed by atoms with E-state index in [2.05, 4.69) is 36.3 Å². The standard InChI is InChI=1S/C9H18N4O2/c1-9(2,3)8-10-11-12-13(8)4-6-15-7-5-14/h14H,4-7H2,1-3H3. The maximum absolute atomic E-state index is 8.54. The van der Waals surface area contributed by atoms with Crippen LogP contribution in [-0.2, 0) is 16.7 Å². The molecule has 0 atom stereocenters. The van der Waals surface area contributed by atoms with Crippen LogP contribution in [0.5, 0.6) is 0 Å². The zero-order valence-corrected chi connectivity index (χ0v) is 9.47. The molecule has 1 aromatic rings. The van der Waals surface area contributed by atoms with E-state index in [0.717, 1.165) is 5.82 Å². The molecule has 0 aromatic carbocycles. The molecule has 0 unspecified atom stereocenters. The van der Waals surface area contributed by atoms with Gasteiger partial charge in [0.15, 0.2) is 5.82 Å². The zero-order chi connectivity index (χ0) is 11.3. The lowest BCUT2D eigenvalue weighted by atomic mass is 9.96. The first-order valence-corrected chi connectivity index (χ1v) is 5.01. The lowest BCUT2D eigenvalue weighted by Gasteiger charge is -2.16. The van der Waals surface area contributed by atoms with Gasteiger partial charge >= 0.3 is 0 Å². The molecule has 0 spiro atoms. The summed E-state index contributed by atoms with van der Waals surface area (Å²) in [7, 11) is 0. The molecule has 0 aliphatic rings. The Hall–Kier alpha value is -1.01. The maximum Gasteiger partial charge on any atom is 0.156 e. The quantitative estimate of drug-likeness (QED) is 0.697. The van der Waals surface area contributed by atoms with Crippen LogP contribution in [0.25, 0.3) is 0 Å². The molecule has 0 saturated heterocycles. The Bertz CT molecular complexity index is 293. The van der Waals surface area contributed by atoms with Gasteiger partial charge in [-0.05, 0) is 10.4 Å². The number of aliphatic hydroxyl groups excluding tert-OH is 1. The summed E-state index contributed by atoms with van der Waals surface area (Å²) < 4.78 is 6.89. The molecule has 6 heteroatoms. The fourth-order valence-electron chi connectivity index (χ4n) is 1.21. The van der Waals surface area contributed by atoms with Crippen molar-refractivity contribution in [3.05, 3.63) is 5.82 Å². The van der Waals surface area contributed by atoms with Gasteiger partial charge in [0.1, 0.15) is 0 Å². The molecule has 1 aromatic heterocycles. The van der Waals surface area contributed by atoms with E-state index in [9.17, 15) is 0 Å². The zero-order valence-electron chi connectivity index (χ0n) is 9.47. The van der Waals surface area contributed by atoms with E-state index in [1.54, 1.807) is 4.68 Å². The molecule has 0 bridgehead atoms. The molecular weight excluding hydrogens is 196 g/mol. The molecular formula is C9H18N4O2. The van der Waals surface area contributed by atoms with E-state index in [0.29, 0.717) is 19.8 Å². The second-order valence-electron chi connectivity index (χ2n) is 4.31. The van der Waals surface area contributed by atoms with Gasteiger partial charge in [-0.25, -0.2) is 4.68 Å². The van der Waals surface area contributed by atoms with Crippen LogP contribution in [0.2, 0.25) is 0 Å². The fraction of sp³-hybridized carbons (Fsp3) is 0.889. The molecule has 0 amide bonds. The number of rotatable bonds is 5. The summed E-state index contributed by atoms with van der Waals surface area (Å²) in [5.74, 6) is 0.843. The number of nitrogens with zero attached hydrogens (tertiary/aromatic N) is 4. The number of hydrogen-bond donors (Lipinski definition) is 1. The summed E-state index contributed by atoms with van der Waals surface area (Å²) in [5, 5.41) is 20.1. The van der Waals surface area contributed by atoms with Crippen molar-refractivity contribution >= 4 is 0 Å². The van der Waals surface area contributed by atoms with Crippen LogP contribution in [0.15, 0.2) is 0 Å². The van der Waals surface area contributed by atoms with E-state index in [1.165, 1.54) is 0 Å². The van der Waals surface area contributed by atoms with Crippen molar-refractivity contribution in [2.45, 2.75) is 32.7 Å². The van der Waals surface area contributed by atoms with Crippen molar-refractivity contribution in [2.75, 3.05) is 19.8 Å². The number of tetrazole rings is 1. The van der Waals surface area contributed by atoms with Crippen molar-refractivity contribution in [3.63, 3.8) is 0 Å². The normalized spacial score (nSPS) is 12.0. The third-order valence-corrected chi connectivity index (χ3v) is 1.89. The lowest BCUT2D eigenvalue weighted by Crippen LogP contribution is -2.21. The molecule has 15 heavy (non-hydrogen) atoms. The highest BCUT2D eigenvalue weighted by atomic mass is 16.5. The molecule has 0 fully saturated rings. The molecule has 1 rings (SSSR count). The van der Waals surface area contributed by atoms with Crippen molar-refractivity contribution in [3.8, 4) is 0 Å². The molecule has 86 valence electrons. The van der Waals surface area contributed by atoms with E-state index < -0.39 is 0 Å². The minimum atomic E-state index is -0.0690. The van der Waals surface area contributed by atoms with E-state index in [4.69, 9.17) is 9.84 Å². The molecule has 0 aliphatic carbocycles. The first kappa shape index (κ1) is 12.1. The number of hydrogen-bond acceptors (Lipinski definition) is 5. The SMILES string of the molecule is CC(C)(C)c1nnnn1CCOCCO. The van der Waals surface area contributed by atoms with Gasteiger partial charge in [0, 0.05) is 5.41 Å². The molecule has 6 nitrogen and oxygen atoms in total. The summed E-state index contributed by atoms with van der Waals surface area (Å²) in [4.78, 5) is 0. The summed E-state index contributed by atoms with van der Waals surface area (Å²) in [6.45, 7) is 7.69. The van der Waals surface area contributed by atoms with Crippen LogP contribution >= 0.6 is 0 Å². The first-order valence-electron chi connectivity index (χ1n) is 5.01. The first-order chi connectivity index (χ1) is 7.05. The Balaban J connectivity index is 2.51. The van der Waals surface area contributed by atoms with Gasteiger partial charge in [-0.1, -0.05) is 20.8 Å². The largest absolute Gasteiger partial charge is 0.394 e. The monoisotopic (exact) mass is 214 g/mol. The number of ether oxygens (including phenoxy) is 1. The van der Waals surface area contributed by atoms with Crippen LogP contribution in [-0.4, -0.2) is 45.1 Å². The fourth-order valence-corrected chi connectivity index (χ4v) is 1.21. The molecule has 0 saturated carbocycles. The predicted octanol–water partition coefficient (Wildman–Crippen LogP) is -0.0205. The van der Waals surface area contributed by atoms with Gasteiger partial charge in [0.25, 0.3) is 0 Å². The average Bonchev–Trinajstić information content (AvgIpc) is 2.59. The van der Waals surface area contributed by atoms with Gasteiger partial charge in [-0.3, -0.25) is 0 Å². The Morgan fingerprint density at radius 3 is 2.67 bits per heavy atom. The van der Waals surface area contributed by atoms with Crippen LogP contribution in [0.4, 0.5) is 0 Å². The van der Waals surface area contributed by atoms with Crippen molar-refractivity contribution in [1.82, 2.24) is 20.2 Å². The van der Waals surface area contributed by atoms with Crippen LogP contribution in [0, 0.1) is 0 Å². The highest BCUT2D eigenvalue weighted by Crippen LogP contribution is 2.18. The maximum atomic E-state index is 8.54. The van der Waals surface area contributed by atoms with E-state index in [1.807, 2.05) is 0 Å². The Morgan fingerprint density at radius 2 is 2.07 bits per heavy atom. The van der Waals surface area contributed by atoms with Crippen molar-refractivity contribution in [1.29, 1.82) is 0 Å². The summed E-state index contributed by atoms with van der Waals surface area (Å²) in [6.07, 6.45) is 0. The Kier molecular flexibility index (Phi) is 4.16. The second kappa shape index (κ2) is 5.18. The Labute approximate surface area is 89.2 Å². The highest BCUT2D eigenvalue weighted by Gasteiger charge is 2.21. The van der Waals surface area contributed by atoms with Crippen LogP contribution in [0.1, 0.15) is 26.6 Å². The number of aliphatic hydroxyl groups is 1. The summed E-state index contributed by atoms with van der Waals surface area (Å²) >= 11 is 0. The third kappa shape index (κ3) is 3.56. The minimum absolute atomic E-state index is 0.0434. The molecule has 0 radical (unpaired) electrons. The Morgan fingerprint density at radius 1 is 1.33 bits per heavy atom. The van der Waals surface area contributed by atoms with Gasteiger partial charge in [0.05, 0.1) is 26.4 Å². The van der Waals surface area contributed by atoms with Crippen LogP contribution < -0.4 is 0 Å². The third-order valence-electron chi connectivity index (χ3n) is 1.89. The smallest absolute Gasteiger partial charge is 0.156 e. The van der Waals surface area contributed by atoms with Crippen molar-refractivity contribution < 1.29 is 9.84 Å². The minimum Gasteiger partial charge on any atom is -0.394 e. The second-order valence-corrected chi connectivity index (χ2v) is 4.31.